The van der Waals surface area contributed by atoms with Crippen molar-refractivity contribution < 1.29 is 67.2 Å². The minimum absolute atomic E-state index is 0.0491. The molecule has 196 valence electrons. The summed E-state index contributed by atoms with van der Waals surface area (Å²) in [4.78, 5) is 12.8. The van der Waals surface area contributed by atoms with E-state index in [1.807, 2.05) is 0 Å². The van der Waals surface area contributed by atoms with Crippen molar-refractivity contribution in [1.82, 2.24) is 0 Å². The van der Waals surface area contributed by atoms with Crippen molar-refractivity contribution in [1.29, 1.82) is 0 Å². The van der Waals surface area contributed by atoms with Gasteiger partial charge < -0.3 is 49.4 Å². The van der Waals surface area contributed by atoms with Crippen LogP contribution in [0.15, 0.2) is 36.4 Å². The molecular formula is C22H18O14S. The van der Waals surface area contributed by atoms with E-state index in [1.165, 1.54) is 0 Å². The molecule has 0 spiro atoms. The maximum absolute atomic E-state index is 12.8. The molecule has 0 saturated heterocycles. The molecule has 0 bridgehead atoms. The molecule has 2 unspecified atom stereocenters. The summed E-state index contributed by atoms with van der Waals surface area (Å²) in [7, 11) is -5.11. The molecule has 8 N–H and O–H groups in total. The van der Waals surface area contributed by atoms with Gasteiger partial charge in [0, 0.05) is 29.7 Å². The third-order valence-corrected chi connectivity index (χ3v) is 5.70. The predicted molar refractivity (Wildman–Crippen MR) is 119 cm³/mol. The topological polar surface area (TPSA) is 241 Å². The molecule has 1 heterocycles. The molecule has 2 atom stereocenters. The van der Waals surface area contributed by atoms with Crippen LogP contribution in [0.1, 0.15) is 27.6 Å². The van der Waals surface area contributed by atoms with Crippen LogP contribution >= 0.6 is 0 Å². The van der Waals surface area contributed by atoms with Gasteiger partial charge in [-0.05, 0) is 24.3 Å². The standard InChI is InChI=1S/C22H18O14S/c23-10-5-12(24)11-7-18(35-22(30)9-3-13(25)19(29)14(26)4-9)20(34-17(11)6-10)8-1-15(27)21(16(28)2-8)36-37(31,32)33/h1-6,18,20,23-29H,7H2,(H,31,32,33). The van der Waals surface area contributed by atoms with E-state index in [0.29, 0.717) is 0 Å². The second kappa shape index (κ2) is 9.03. The summed E-state index contributed by atoms with van der Waals surface area (Å²) < 4.78 is 46.2. The molecule has 15 heteroatoms. The van der Waals surface area contributed by atoms with Gasteiger partial charge in [-0.3, -0.25) is 4.55 Å². The van der Waals surface area contributed by atoms with Gasteiger partial charge in [0.25, 0.3) is 0 Å². The molecule has 0 fully saturated rings. The number of fused-ring (bicyclic) bond motifs is 1. The number of aromatic hydroxyl groups is 7. The molecule has 14 nitrogen and oxygen atoms in total. The summed E-state index contributed by atoms with van der Waals surface area (Å²) in [5.41, 5.74) is -0.363. The number of phenolic OH excluding ortho intramolecular Hbond substituents is 7. The van der Waals surface area contributed by atoms with Gasteiger partial charge in [0.2, 0.25) is 5.75 Å². The van der Waals surface area contributed by atoms with Gasteiger partial charge in [0.05, 0.1) is 5.56 Å². The maximum atomic E-state index is 12.8. The van der Waals surface area contributed by atoms with Crippen LogP contribution in [0, 0.1) is 0 Å². The Balaban J connectivity index is 1.76. The van der Waals surface area contributed by atoms with Gasteiger partial charge in [-0.15, -0.1) is 0 Å². The Hall–Kier alpha value is -4.76. The zero-order valence-corrected chi connectivity index (χ0v) is 19.1. The van der Waals surface area contributed by atoms with Crippen molar-refractivity contribution in [3.63, 3.8) is 0 Å². The van der Waals surface area contributed by atoms with E-state index in [-0.39, 0.29) is 34.6 Å². The van der Waals surface area contributed by atoms with Crippen molar-refractivity contribution in [2.75, 3.05) is 0 Å². The van der Waals surface area contributed by atoms with Gasteiger partial charge in [-0.25, -0.2) is 4.79 Å². The summed E-state index contributed by atoms with van der Waals surface area (Å²) in [6, 6.07) is 5.56. The fourth-order valence-electron chi connectivity index (χ4n) is 3.74. The average Bonchev–Trinajstić information content (AvgIpc) is 2.78. The molecule has 0 aromatic heterocycles. The Bertz CT molecular complexity index is 1470. The number of benzene rings is 3. The largest absolute Gasteiger partial charge is 0.508 e. The van der Waals surface area contributed by atoms with Crippen LogP contribution in [0.5, 0.6) is 51.7 Å². The summed E-state index contributed by atoms with van der Waals surface area (Å²) in [5.74, 6) is -7.33. The molecule has 0 aliphatic carbocycles. The van der Waals surface area contributed by atoms with Gasteiger partial charge in [-0.1, -0.05) is 0 Å². The molecule has 4 rings (SSSR count). The maximum Gasteiger partial charge on any atom is 0.446 e. The molecule has 3 aromatic carbocycles. The Morgan fingerprint density at radius 1 is 0.838 bits per heavy atom. The summed E-state index contributed by atoms with van der Waals surface area (Å²) in [6.07, 6.45) is -2.91. The second-order valence-electron chi connectivity index (χ2n) is 7.89. The first-order valence-corrected chi connectivity index (χ1v) is 11.5. The summed E-state index contributed by atoms with van der Waals surface area (Å²) >= 11 is 0. The molecule has 0 saturated carbocycles. The van der Waals surface area contributed by atoms with Crippen LogP contribution in [-0.2, 0) is 21.6 Å². The zero-order valence-electron chi connectivity index (χ0n) is 18.3. The van der Waals surface area contributed by atoms with Crippen molar-refractivity contribution >= 4 is 16.4 Å². The highest BCUT2D eigenvalue weighted by Gasteiger charge is 2.37. The molecule has 0 radical (unpaired) electrons. The van der Waals surface area contributed by atoms with E-state index < -0.39 is 68.8 Å². The number of carbonyl (C=O) groups is 1. The van der Waals surface area contributed by atoms with E-state index in [1.54, 1.807) is 0 Å². The van der Waals surface area contributed by atoms with E-state index >= 15 is 0 Å². The number of hydrogen-bond donors (Lipinski definition) is 8. The molecule has 1 aliphatic heterocycles. The third kappa shape index (κ3) is 5.12. The van der Waals surface area contributed by atoms with E-state index in [9.17, 15) is 49.0 Å². The normalized spacial score (nSPS) is 16.9. The molecule has 3 aromatic rings. The van der Waals surface area contributed by atoms with Gasteiger partial charge in [0.15, 0.2) is 34.9 Å². The minimum atomic E-state index is -5.11. The van der Waals surface area contributed by atoms with E-state index in [4.69, 9.17) is 14.0 Å². The highest BCUT2D eigenvalue weighted by atomic mass is 32.3. The fraction of sp³-hybridized carbons (Fsp3) is 0.136. The van der Waals surface area contributed by atoms with Gasteiger partial charge in [-0.2, -0.15) is 8.42 Å². The lowest BCUT2D eigenvalue weighted by atomic mass is 9.93. The molecule has 37 heavy (non-hydrogen) atoms. The summed E-state index contributed by atoms with van der Waals surface area (Å²) in [6.45, 7) is 0. The third-order valence-electron chi connectivity index (χ3n) is 5.32. The highest BCUT2D eigenvalue weighted by molar-refractivity contribution is 7.81. The predicted octanol–water partition coefficient (Wildman–Crippen LogP) is 1.71. The van der Waals surface area contributed by atoms with Gasteiger partial charge >= 0.3 is 16.4 Å². The first kappa shape index (κ1) is 25.3. The van der Waals surface area contributed by atoms with E-state index in [2.05, 4.69) is 4.18 Å². The number of phenols is 7. The van der Waals surface area contributed by atoms with Crippen LogP contribution < -0.4 is 8.92 Å². The lowest BCUT2D eigenvalue weighted by molar-refractivity contribution is -0.0189. The van der Waals surface area contributed by atoms with Crippen LogP contribution in [0.2, 0.25) is 0 Å². The summed E-state index contributed by atoms with van der Waals surface area (Å²) in [5, 5.41) is 69.4. The monoisotopic (exact) mass is 538 g/mol. The number of carbonyl (C=O) groups excluding carboxylic acids is 1. The Morgan fingerprint density at radius 2 is 1.43 bits per heavy atom. The lowest BCUT2D eigenvalue weighted by Gasteiger charge is -2.34. The van der Waals surface area contributed by atoms with Crippen molar-refractivity contribution in [3.05, 3.63) is 53.1 Å². The zero-order chi connectivity index (χ0) is 27.2. The van der Waals surface area contributed by atoms with Gasteiger partial charge in [0.1, 0.15) is 23.4 Å². The SMILES string of the molecule is O=C(OC1Cc2c(O)cc(O)cc2OC1c1cc(O)c(OS(=O)(=O)O)c(O)c1)c1cc(O)c(O)c(O)c1. The molecule has 1 aliphatic rings. The van der Waals surface area contributed by atoms with E-state index in [0.717, 1.165) is 36.4 Å². The first-order valence-electron chi connectivity index (χ1n) is 10.1. The number of esters is 1. The average molecular weight is 538 g/mol. The Kier molecular flexibility index (Phi) is 6.18. The fourth-order valence-corrected chi connectivity index (χ4v) is 4.12. The lowest BCUT2D eigenvalue weighted by Crippen LogP contribution is -2.34. The minimum Gasteiger partial charge on any atom is -0.508 e. The number of ether oxygens (including phenoxy) is 2. The Morgan fingerprint density at radius 3 is 2.00 bits per heavy atom. The van der Waals surface area contributed by atoms with Crippen LogP contribution in [0.25, 0.3) is 0 Å². The molecule has 0 amide bonds. The smallest absolute Gasteiger partial charge is 0.446 e. The first-order chi connectivity index (χ1) is 17.2. The number of hydrogen-bond acceptors (Lipinski definition) is 13. The Labute approximate surface area is 207 Å². The van der Waals surface area contributed by atoms with Crippen molar-refractivity contribution in [2.24, 2.45) is 0 Å². The highest BCUT2D eigenvalue weighted by Crippen LogP contribution is 2.46. The van der Waals surface area contributed by atoms with Crippen LogP contribution in [-0.4, -0.2) is 60.8 Å². The quantitative estimate of drug-likeness (QED) is 0.131. The number of rotatable bonds is 5. The van der Waals surface area contributed by atoms with Crippen molar-refractivity contribution in [3.8, 4) is 51.7 Å². The van der Waals surface area contributed by atoms with Crippen LogP contribution in [0.3, 0.4) is 0 Å². The van der Waals surface area contributed by atoms with Crippen LogP contribution in [0.4, 0.5) is 0 Å². The van der Waals surface area contributed by atoms with Crippen molar-refractivity contribution in [2.45, 2.75) is 18.6 Å². The second-order valence-corrected chi connectivity index (χ2v) is 8.91. The molecular weight excluding hydrogens is 520 g/mol.